The molecule has 3 aromatic rings. The van der Waals surface area contributed by atoms with Crippen molar-refractivity contribution in [1.29, 1.82) is 0 Å². The summed E-state index contributed by atoms with van der Waals surface area (Å²) in [6.45, 7) is 8.83. The molecule has 0 aliphatic heterocycles. The van der Waals surface area contributed by atoms with Gasteiger partial charge in [0.15, 0.2) is 0 Å². The van der Waals surface area contributed by atoms with Crippen molar-refractivity contribution in [1.82, 2.24) is 9.97 Å². The van der Waals surface area contributed by atoms with Crippen molar-refractivity contribution in [2.75, 3.05) is 17.2 Å². The van der Waals surface area contributed by atoms with Crippen LogP contribution < -0.4 is 15.4 Å². The number of nitrogens with one attached hydrogen (secondary N) is 2. The SMILES string of the molecule is CCCCOc1ccccc1Nc1nc(Nc2ccc(C(C)(C)C)cc2)ncc1C(F)(F)F. The molecule has 0 fully saturated rings. The normalized spacial score (nSPS) is 11.8. The quantitative estimate of drug-likeness (QED) is 0.343. The molecule has 1 heterocycles. The zero-order chi connectivity index (χ0) is 24.1. The number of para-hydroxylation sites is 2. The first kappa shape index (κ1) is 24.4. The zero-order valence-electron chi connectivity index (χ0n) is 19.3. The average molecular weight is 459 g/mol. The maximum atomic E-state index is 13.6. The molecule has 0 aliphatic rings. The first-order valence-electron chi connectivity index (χ1n) is 10.9. The number of anilines is 4. The van der Waals surface area contributed by atoms with Crippen molar-refractivity contribution >= 4 is 23.1 Å². The molecule has 0 saturated carbocycles. The Balaban J connectivity index is 1.89. The Bertz CT molecular complexity index is 1060. The largest absolute Gasteiger partial charge is 0.491 e. The van der Waals surface area contributed by atoms with E-state index in [9.17, 15) is 13.2 Å². The Labute approximate surface area is 192 Å². The van der Waals surface area contributed by atoms with Crippen LogP contribution in [0, 0.1) is 0 Å². The van der Waals surface area contributed by atoms with E-state index < -0.39 is 11.7 Å². The summed E-state index contributed by atoms with van der Waals surface area (Å²) >= 11 is 0. The zero-order valence-corrected chi connectivity index (χ0v) is 19.3. The first-order chi connectivity index (χ1) is 15.6. The minimum atomic E-state index is -4.62. The minimum absolute atomic E-state index is 0.00688. The van der Waals surface area contributed by atoms with Crippen LogP contribution in [0.4, 0.5) is 36.3 Å². The molecule has 0 unspecified atom stereocenters. The van der Waals surface area contributed by atoms with E-state index in [2.05, 4.69) is 41.4 Å². The fraction of sp³-hybridized carbons (Fsp3) is 0.360. The second-order valence-electron chi connectivity index (χ2n) is 8.73. The summed E-state index contributed by atoms with van der Waals surface area (Å²) in [6, 6.07) is 14.5. The number of hydrogen-bond donors (Lipinski definition) is 2. The van der Waals surface area contributed by atoms with E-state index in [1.807, 2.05) is 31.2 Å². The molecule has 0 aliphatic carbocycles. The van der Waals surface area contributed by atoms with Crippen LogP contribution in [0.3, 0.4) is 0 Å². The average Bonchev–Trinajstić information content (AvgIpc) is 2.74. The standard InChI is InChI=1S/C25H29F3N4O/c1-5-6-15-33-21-10-8-7-9-20(21)31-22-19(25(26,27)28)16-29-23(32-22)30-18-13-11-17(12-14-18)24(2,3)4/h7-14,16H,5-6,15H2,1-4H3,(H2,29,30,31,32). The predicted octanol–water partition coefficient (Wildman–Crippen LogP) is 7.46. The fourth-order valence-electron chi connectivity index (χ4n) is 3.08. The number of hydrogen-bond acceptors (Lipinski definition) is 5. The predicted molar refractivity (Wildman–Crippen MR) is 126 cm³/mol. The lowest BCUT2D eigenvalue weighted by Crippen LogP contribution is -2.13. The summed E-state index contributed by atoms with van der Waals surface area (Å²) in [7, 11) is 0. The third kappa shape index (κ3) is 6.60. The molecular formula is C25H29F3N4O. The highest BCUT2D eigenvalue weighted by molar-refractivity contribution is 5.67. The topological polar surface area (TPSA) is 59.1 Å². The number of halogens is 3. The maximum Gasteiger partial charge on any atom is 0.421 e. The molecule has 33 heavy (non-hydrogen) atoms. The Morgan fingerprint density at radius 2 is 1.64 bits per heavy atom. The summed E-state index contributed by atoms with van der Waals surface area (Å²) in [5.74, 6) is 0.168. The fourth-order valence-corrected chi connectivity index (χ4v) is 3.08. The molecule has 2 aromatic carbocycles. The van der Waals surface area contributed by atoms with Gasteiger partial charge in [-0.3, -0.25) is 0 Å². The van der Waals surface area contributed by atoms with Crippen molar-refractivity contribution < 1.29 is 17.9 Å². The van der Waals surface area contributed by atoms with Gasteiger partial charge in [-0.05, 0) is 41.7 Å². The van der Waals surface area contributed by atoms with Crippen LogP contribution >= 0.6 is 0 Å². The van der Waals surface area contributed by atoms with Gasteiger partial charge in [-0.15, -0.1) is 0 Å². The third-order valence-electron chi connectivity index (χ3n) is 5.00. The number of aromatic nitrogens is 2. The second kappa shape index (κ2) is 10.1. The van der Waals surface area contributed by atoms with Crippen LogP contribution in [0.1, 0.15) is 51.7 Å². The van der Waals surface area contributed by atoms with E-state index in [-0.39, 0.29) is 17.2 Å². The van der Waals surface area contributed by atoms with Crippen molar-refractivity contribution in [3.8, 4) is 5.75 Å². The monoisotopic (exact) mass is 458 g/mol. The molecule has 8 heteroatoms. The lowest BCUT2D eigenvalue weighted by Gasteiger charge is -2.19. The van der Waals surface area contributed by atoms with Crippen molar-refractivity contribution in [3.63, 3.8) is 0 Å². The highest BCUT2D eigenvalue weighted by Gasteiger charge is 2.35. The van der Waals surface area contributed by atoms with Crippen LogP contribution in [-0.2, 0) is 11.6 Å². The Morgan fingerprint density at radius 1 is 0.939 bits per heavy atom. The van der Waals surface area contributed by atoms with E-state index in [0.717, 1.165) is 24.6 Å². The molecule has 0 spiro atoms. The Kier molecular flexibility index (Phi) is 7.46. The van der Waals surface area contributed by atoms with E-state index >= 15 is 0 Å². The number of rotatable bonds is 8. The number of alkyl halides is 3. The van der Waals surface area contributed by atoms with Gasteiger partial charge in [0.05, 0.1) is 12.3 Å². The molecule has 0 saturated heterocycles. The second-order valence-corrected chi connectivity index (χ2v) is 8.73. The highest BCUT2D eigenvalue weighted by Crippen LogP contribution is 2.37. The van der Waals surface area contributed by atoms with Crippen LogP contribution in [-0.4, -0.2) is 16.6 Å². The minimum Gasteiger partial charge on any atom is -0.491 e. The van der Waals surface area contributed by atoms with Crippen molar-refractivity contribution in [2.45, 2.75) is 52.1 Å². The molecule has 0 amide bonds. The van der Waals surface area contributed by atoms with E-state index in [1.165, 1.54) is 0 Å². The summed E-state index contributed by atoms with van der Waals surface area (Å²) in [6.07, 6.45) is -2.04. The van der Waals surface area contributed by atoms with Gasteiger partial charge in [0.1, 0.15) is 17.1 Å². The first-order valence-corrected chi connectivity index (χ1v) is 10.9. The Morgan fingerprint density at radius 3 is 2.27 bits per heavy atom. The molecule has 176 valence electrons. The number of nitrogens with zero attached hydrogens (tertiary/aromatic N) is 2. The van der Waals surface area contributed by atoms with Gasteiger partial charge in [-0.2, -0.15) is 18.2 Å². The summed E-state index contributed by atoms with van der Waals surface area (Å²) in [5.41, 5.74) is 1.26. The lowest BCUT2D eigenvalue weighted by atomic mass is 9.87. The van der Waals surface area contributed by atoms with Crippen molar-refractivity contribution in [3.05, 3.63) is 65.9 Å². The summed E-state index contributed by atoms with van der Waals surface area (Å²) < 4.78 is 46.7. The third-order valence-corrected chi connectivity index (χ3v) is 5.00. The van der Waals surface area contributed by atoms with E-state index in [1.54, 1.807) is 24.3 Å². The van der Waals surface area contributed by atoms with Gasteiger partial charge in [0, 0.05) is 11.9 Å². The number of unbranched alkanes of at least 4 members (excludes halogenated alkanes) is 1. The van der Waals surface area contributed by atoms with Gasteiger partial charge in [0.25, 0.3) is 0 Å². The molecule has 0 bridgehead atoms. The summed E-state index contributed by atoms with van der Waals surface area (Å²) in [4.78, 5) is 8.01. The molecule has 5 nitrogen and oxygen atoms in total. The molecule has 0 radical (unpaired) electrons. The van der Waals surface area contributed by atoms with Gasteiger partial charge in [-0.25, -0.2) is 4.98 Å². The van der Waals surface area contributed by atoms with Gasteiger partial charge < -0.3 is 15.4 Å². The van der Waals surface area contributed by atoms with Gasteiger partial charge in [0.2, 0.25) is 5.95 Å². The smallest absolute Gasteiger partial charge is 0.421 e. The number of benzene rings is 2. The highest BCUT2D eigenvalue weighted by atomic mass is 19.4. The lowest BCUT2D eigenvalue weighted by molar-refractivity contribution is -0.137. The van der Waals surface area contributed by atoms with Crippen molar-refractivity contribution in [2.24, 2.45) is 0 Å². The molecule has 3 rings (SSSR count). The number of ether oxygens (including phenoxy) is 1. The van der Waals surface area contributed by atoms with Crippen LogP contribution in [0.25, 0.3) is 0 Å². The van der Waals surface area contributed by atoms with Gasteiger partial charge in [-0.1, -0.05) is 58.4 Å². The molecule has 2 N–H and O–H groups in total. The molecular weight excluding hydrogens is 429 g/mol. The molecule has 0 atom stereocenters. The molecule has 1 aromatic heterocycles. The summed E-state index contributed by atoms with van der Waals surface area (Å²) in [5, 5.41) is 5.78. The van der Waals surface area contributed by atoms with E-state index in [4.69, 9.17) is 4.74 Å². The van der Waals surface area contributed by atoms with E-state index in [0.29, 0.717) is 23.7 Å². The maximum absolute atomic E-state index is 13.6. The van der Waals surface area contributed by atoms with Crippen LogP contribution in [0.2, 0.25) is 0 Å². The van der Waals surface area contributed by atoms with Crippen LogP contribution in [0.15, 0.2) is 54.7 Å². The van der Waals surface area contributed by atoms with Gasteiger partial charge >= 0.3 is 6.18 Å². The Hall–Kier alpha value is -3.29. The van der Waals surface area contributed by atoms with Crippen LogP contribution in [0.5, 0.6) is 5.75 Å².